The standard InChI is InChI=1S/C20H19NO6/c1-4-27-20(24)12-9-13(17(26-3)16(10-12)25-2)11-21-18(22)14-7-5-6-8-15(14)19(21)23/h5-10H,4,11H2,1-3H3. The summed E-state index contributed by atoms with van der Waals surface area (Å²) in [7, 11) is 2.90. The van der Waals surface area contributed by atoms with E-state index in [1.54, 1.807) is 37.3 Å². The fourth-order valence-corrected chi connectivity index (χ4v) is 3.05. The van der Waals surface area contributed by atoms with Gasteiger partial charge in [0.05, 0.1) is 44.1 Å². The number of hydrogen-bond acceptors (Lipinski definition) is 6. The molecule has 0 saturated heterocycles. The lowest BCUT2D eigenvalue weighted by Crippen LogP contribution is -2.29. The summed E-state index contributed by atoms with van der Waals surface area (Å²) >= 11 is 0. The van der Waals surface area contributed by atoms with E-state index in [0.717, 1.165) is 4.90 Å². The largest absolute Gasteiger partial charge is 0.493 e. The maximum atomic E-state index is 12.6. The molecule has 2 amide bonds. The SMILES string of the molecule is CCOC(=O)c1cc(CN2C(=O)c3ccccc3C2=O)c(OC)c(OC)c1. The van der Waals surface area contributed by atoms with E-state index in [4.69, 9.17) is 14.2 Å². The van der Waals surface area contributed by atoms with E-state index < -0.39 is 17.8 Å². The van der Waals surface area contributed by atoms with Crippen molar-refractivity contribution in [3.63, 3.8) is 0 Å². The van der Waals surface area contributed by atoms with Gasteiger partial charge in [0.25, 0.3) is 11.8 Å². The Kier molecular flexibility index (Phi) is 5.12. The minimum absolute atomic E-state index is 0.0564. The highest BCUT2D eigenvalue weighted by Crippen LogP contribution is 2.35. The summed E-state index contributed by atoms with van der Waals surface area (Å²) in [4.78, 5) is 38.5. The number of imide groups is 1. The molecular formula is C20H19NO6. The van der Waals surface area contributed by atoms with Crippen molar-refractivity contribution >= 4 is 17.8 Å². The second kappa shape index (κ2) is 7.49. The minimum Gasteiger partial charge on any atom is -0.493 e. The number of nitrogens with zero attached hydrogens (tertiary/aromatic N) is 1. The molecule has 0 bridgehead atoms. The van der Waals surface area contributed by atoms with E-state index in [0.29, 0.717) is 28.2 Å². The molecule has 1 aliphatic heterocycles. The molecule has 0 N–H and O–H groups in total. The number of amides is 2. The Balaban J connectivity index is 2.01. The zero-order chi connectivity index (χ0) is 19.6. The zero-order valence-corrected chi connectivity index (χ0v) is 15.3. The van der Waals surface area contributed by atoms with Crippen LogP contribution >= 0.6 is 0 Å². The first kappa shape index (κ1) is 18.4. The quantitative estimate of drug-likeness (QED) is 0.575. The predicted octanol–water partition coefficient (Wildman–Crippen LogP) is 2.68. The fourth-order valence-electron chi connectivity index (χ4n) is 3.05. The molecule has 0 atom stereocenters. The molecular weight excluding hydrogens is 350 g/mol. The van der Waals surface area contributed by atoms with E-state index in [9.17, 15) is 14.4 Å². The first-order valence-corrected chi connectivity index (χ1v) is 8.39. The summed E-state index contributed by atoms with van der Waals surface area (Å²) in [5, 5.41) is 0. The molecule has 0 fully saturated rings. The lowest BCUT2D eigenvalue weighted by Gasteiger charge is -2.19. The van der Waals surface area contributed by atoms with Gasteiger partial charge in [-0.1, -0.05) is 12.1 Å². The van der Waals surface area contributed by atoms with Crippen molar-refractivity contribution in [3.8, 4) is 11.5 Å². The van der Waals surface area contributed by atoms with E-state index >= 15 is 0 Å². The molecule has 1 aliphatic rings. The lowest BCUT2D eigenvalue weighted by atomic mass is 10.1. The Morgan fingerprint density at radius 2 is 1.63 bits per heavy atom. The van der Waals surface area contributed by atoms with Crippen molar-refractivity contribution in [1.82, 2.24) is 4.90 Å². The predicted molar refractivity (Wildman–Crippen MR) is 96.1 cm³/mol. The number of carbonyl (C=O) groups is 3. The molecule has 7 nitrogen and oxygen atoms in total. The van der Waals surface area contributed by atoms with E-state index in [-0.39, 0.29) is 18.7 Å². The maximum absolute atomic E-state index is 12.6. The van der Waals surface area contributed by atoms with Crippen molar-refractivity contribution < 1.29 is 28.6 Å². The third-order valence-electron chi connectivity index (χ3n) is 4.27. The molecule has 0 saturated carbocycles. The summed E-state index contributed by atoms with van der Waals surface area (Å²) in [6, 6.07) is 9.69. The Bertz CT molecular complexity index is 886. The van der Waals surface area contributed by atoms with Crippen LogP contribution in [0.4, 0.5) is 0 Å². The highest BCUT2D eigenvalue weighted by molar-refractivity contribution is 6.21. The van der Waals surface area contributed by atoms with Gasteiger partial charge in [-0.25, -0.2) is 4.79 Å². The van der Waals surface area contributed by atoms with E-state index in [1.165, 1.54) is 20.3 Å². The first-order valence-electron chi connectivity index (χ1n) is 8.39. The molecule has 0 radical (unpaired) electrons. The van der Waals surface area contributed by atoms with E-state index in [2.05, 4.69) is 0 Å². The Morgan fingerprint density at radius 1 is 1.00 bits per heavy atom. The molecule has 0 spiro atoms. The molecule has 0 aliphatic carbocycles. The van der Waals surface area contributed by atoms with Crippen LogP contribution in [0.1, 0.15) is 43.6 Å². The maximum Gasteiger partial charge on any atom is 0.338 e. The highest BCUT2D eigenvalue weighted by atomic mass is 16.5. The summed E-state index contributed by atoms with van der Waals surface area (Å²) in [6.45, 7) is 1.87. The number of carbonyl (C=O) groups excluding carboxylic acids is 3. The monoisotopic (exact) mass is 369 g/mol. The number of esters is 1. The third kappa shape index (κ3) is 3.23. The fraction of sp³-hybridized carbons (Fsp3) is 0.250. The topological polar surface area (TPSA) is 82.1 Å². The van der Waals surface area contributed by atoms with Gasteiger partial charge in [-0.05, 0) is 31.2 Å². The van der Waals surface area contributed by atoms with Crippen molar-refractivity contribution in [3.05, 3.63) is 58.7 Å². The average molecular weight is 369 g/mol. The van der Waals surface area contributed by atoms with Crippen LogP contribution in [-0.4, -0.2) is 43.5 Å². The summed E-state index contributed by atoms with van der Waals surface area (Å²) in [6.07, 6.45) is 0. The van der Waals surface area contributed by atoms with Crippen molar-refractivity contribution in [2.75, 3.05) is 20.8 Å². The van der Waals surface area contributed by atoms with Gasteiger partial charge in [0.2, 0.25) is 0 Å². The van der Waals surface area contributed by atoms with Gasteiger partial charge in [0.1, 0.15) is 0 Å². The second-order valence-corrected chi connectivity index (χ2v) is 5.83. The van der Waals surface area contributed by atoms with Crippen LogP contribution in [0.2, 0.25) is 0 Å². The number of benzene rings is 2. The number of rotatable bonds is 6. The van der Waals surface area contributed by atoms with Crippen LogP contribution in [0.3, 0.4) is 0 Å². The number of methoxy groups -OCH3 is 2. The van der Waals surface area contributed by atoms with Crippen LogP contribution in [0.15, 0.2) is 36.4 Å². The van der Waals surface area contributed by atoms with Crippen LogP contribution in [0, 0.1) is 0 Å². The molecule has 0 aromatic heterocycles. The average Bonchev–Trinajstić information content (AvgIpc) is 2.92. The number of fused-ring (bicyclic) bond motifs is 1. The van der Waals surface area contributed by atoms with Crippen LogP contribution in [-0.2, 0) is 11.3 Å². The third-order valence-corrected chi connectivity index (χ3v) is 4.27. The van der Waals surface area contributed by atoms with Crippen molar-refractivity contribution in [1.29, 1.82) is 0 Å². The van der Waals surface area contributed by atoms with Gasteiger partial charge in [0, 0.05) is 5.56 Å². The lowest BCUT2D eigenvalue weighted by molar-refractivity contribution is 0.0525. The van der Waals surface area contributed by atoms with Crippen molar-refractivity contribution in [2.24, 2.45) is 0 Å². The van der Waals surface area contributed by atoms with Gasteiger partial charge in [-0.2, -0.15) is 0 Å². The molecule has 3 rings (SSSR count). The summed E-state index contributed by atoms with van der Waals surface area (Å²) < 4.78 is 15.7. The van der Waals surface area contributed by atoms with Gasteiger partial charge in [0.15, 0.2) is 11.5 Å². The molecule has 2 aromatic rings. The van der Waals surface area contributed by atoms with E-state index in [1.807, 2.05) is 0 Å². The number of hydrogen-bond donors (Lipinski definition) is 0. The molecule has 0 unspecified atom stereocenters. The Hall–Kier alpha value is -3.35. The van der Waals surface area contributed by atoms with Gasteiger partial charge >= 0.3 is 5.97 Å². The molecule has 1 heterocycles. The first-order chi connectivity index (χ1) is 13.0. The highest BCUT2D eigenvalue weighted by Gasteiger charge is 2.36. The second-order valence-electron chi connectivity index (χ2n) is 5.83. The molecule has 7 heteroatoms. The number of ether oxygens (including phenoxy) is 3. The minimum atomic E-state index is -0.526. The zero-order valence-electron chi connectivity index (χ0n) is 15.3. The Morgan fingerprint density at radius 3 is 2.15 bits per heavy atom. The smallest absolute Gasteiger partial charge is 0.338 e. The molecule has 27 heavy (non-hydrogen) atoms. The molecule has 140 valence electrons. The normalized spacial score (nSPS) is 12.8. The van der Waals surface area contributed by atoms with Crippen LogP contribution in [0.5, 0.6) is 11.5 Å². The van der Waals surface area contributed by atoms with Crippen LogP contribution in [0.25, 0.3) is 0 Å². The van der Waals surface area contributed by atoms with Gasteiger partial charge < -0.3 is 14.2 Å². The molecule has 2 aromatic carbocycles. The van der Waals surface area contributed by atoms with Crippen LogP contribution < -0.4 is 9.47 Å². The van der Waals surface area contributed by atoms with Crippen molar-refractivity contribution in [2.45, 2.75) is 13.5 Å². The Labute approximate surface area is 156 Å². The van der Waals surface area contributed by atoms with Gasteiger partial charge in [-0.15, -0.1) is 0 Å². The summed E-state index contributed by atoms with van der Waals surface area (Å²) in [5.41, 5.74) is 1.43. The van der Waals surface area contributed by atoms with Gasteiger partial charge in [-0.3, -0.25) is 14.5 Å². The summed E-state index contributed by atoms with van der Waals surface area (Å²) in [5.74, 6) is -0.643.